The van der Waals surface area contributed by atoms with Gasteiger partial charge in [0, 0.05) is 4.57 Å². The molecule has 10 atom stereocenters. The van der Waals surface area contributed by atoms with Crippen molar-refractivity contribution >= 4 is 50.2 Å². The van der Waals surface area contributed by atoms with E-state index in [9.17, 15) is 39.0 Å². The predicted octanol–water partition coefficient (Wildman–Crippen LogP) is -2.83. The van der Waals surface area contributed by atoms with E-state index in [1.54, 1.807) is 0 Å². The van der Waals surface area contributed by atoms with Crippen molar-refractivity contribution < 1.29 is 57.3 Å². The number of aromatic nitrogens is 8. The Morgan fingerprint density at radius 3 is 2.40 bits per heavy atom. The predicted molar refractivity (Wildman–Crippen MR) is 145 cm³/mol. The summed E-state index contributed by atoms with van der Waals surface area (Å²) >= 11 is 0. The van der Waals surface area contributed by atoms with Gasteiger partial charge in [0.1, 0.15) is 36.0 Å². The average molecular weight is 675 g/mol. The first-order valence-corrected chi connectivity index (χ1v) is 15.4. The molecule has 2 aliphatic heterocycles. The fourth-order valence-electron chi connectivity index (χ4n) is 5.07. The van der Waals surface area contributed by atoms with Gasteiger partial charge < -0.3 is 46.1 Å². The maximum absolute atomic E-state index is 13.1. The van der Waals surface area contributed by atoms with Crippen LogP contribution in [-0.4, -0.2) is 114 Å². The van der Waals surface area contributed by atoms with Gasteiger partial charge >= 0.3 is 16.1 Å². The minimum Gasteiger partial charge on any atom is -0.394 e. The van der Waals surface area contributed by atoms with Crippen LogP contribution in [0.15, 0.2) is 23.8 Å². The normalized spacial score (nSPS) is 30.3. The quantitative estimate of drug-likeness (QED) is 0.0785. The van der Waals surface area contributed by atoms with Crippen molar-refractivity contribution in [2.45, 2.75) is 49.1 Å². The number of aliphatic hydroxyl groups excluding tert-OH is 3. The molecule has 0 aliphatic carbocycles. The van der Waals surface area contributed by atoms with Gasteiger partial charge in [0.25, 0.3) is 5.56 Å². The molecular weight excluding hydrogens is 650 g/mol. The minimum atomic E-state index is -5.16. The molecule has 0 bridgehead atoms. The molecule has 242 valence electrons. The van der Waals surface area contributed by atoms with E-state index in [4.69, 9.17) is 34.5 Å². The number of phosphoric ester groups is 1. The van der Waals surface area contributed by atoms with Crippen LogP contribution in [-0.2, 0) is 32.2 Å². The van der Waals surface area contributed by atoms with Crippen LogP contribution in [0.3, 0.4) is 0 Å². The van der Waals surface area contributed by atoms with Gasteiger partial charge in [-0.2, -0.15) is 9.97 Å². The van der Waals surface area contributed by atoms with E-state index in [-0.39, 0.29) is 34.1 Å². The molecular formula is C20H25N10O13P2+. The molecule has 6 heterocycles. The molecule has 4 aromatic heterocycles. The van der Waals surface area contributed by atoms with Crippen molar-refractivity contribution in [3.8, 4) is 0 Å². The SMILES string of the molecule is Nc1nc(N)c2ncn([C@@H]3O[C@H](COP(=O)(O)O[C@@H]4[C@H](O)[C@@H](CO)O[C@H]4n4cnc5c(=O)[nH]cnc54)[C@@H](O[P+](=O)O)[C@H]3O)c2n1. The Labute approximate surface area is 249 Å². The fourth-order valence-corrected chi connectivity index (χ4v) is 6.47. The Morgan fingerprint density at radius 2 is 1.69 bits per heavy atom. The first-order chi connectivity index (χ1) is 21.4. The first-order valence-electron chi connectivity index (χ1n) is 12.8. The zero-order valence-electron chi connectivity index (χ0n) is 22.4. The summed E-state index contributed by atoms with van der Waals surface area (Å²) in [5.74, 6) is -0.288. The number of nitrogen functional groups attached to an aromatic ring is 2. The molecule has 6 rings (SSSR count). The number of imidazole rings is 2. The van der Waals surface area contributed by atoms with Crippen molar-refractivity contribution in [2.75, 3.05) is 24.7 Å². The first kappa shape index (κ1) is 31.4. The molecule has 23 nitrogen and oxygen atoms in total. The zero-order valence-corrected chi connectivity index (χ0v) is 24.2. The van der Waals surface area contributed by atoms with Crippen LogP contribution >= 0.6 is 16.1 Å². The van der Waals surface area contributed by atoms with Gasteiger partial charge in [-0.05, 0) is 0 Å². The number of anilines is 2. The molecule has 0 spiro atoms. The Bertz CT molecular complexity index is 1850. The topological polar surface area (TPSA) is 341 Å². The highest BCUT2D eigenvalue weighted by Crippen LogP contribution is 2.50. The number of rotatable bonds is 10. The number of hydrogen-bond acceptors (Lipinski definition) is 18. The number of phosphoric acid groups is 1. The highest BCUT2D eigenvalue weighted by atomic mass is 31.2. The number of fused-ring (bicyclic) bond motifs is 2. The summed E-state index contributed by atoms with van der Waals surface area (Å²) in [5.41, 5.74) is 10.9. The smallest absolute Gasteiger partial charge is 0.394 e. The third-order valence-corrected chi connectivity index (χ3v) is 8.46. The maximum atomic E-state index is 13.1. The number of aromatic amines is 1. The van der Waals surface area contributed by atoms with Crippen molar-refractivity contribution in [3.63, 3.8) is 0 Å². The summed E-state index contributed by atoms with van der Waals surface area (Å²) in [6.07, 6.45) is -8.78. The maximum Gasteiger partial charge on any atom is 0.695 e. The van der Waals surface area contributed by atoms with E-state index in [0.29, 0.717) is 0 Å². The summed E-state index contributed by atoms with van der Waals surface area (Å²) in [6.45, 7) is -1.57. The number of nitrogens with two attached hydrogens (primary N) is 2. The van der Waals surface area contributed by atoms with Crippen LogP contribution in [0.1, 0.15) is 12.5 Å². The second kappa shape index (κ2) is 12.0. The minimum absolute atomic E-state index is 0.0184. The zero-order chi connectivity index (χ0) is 32.2. The molecule has 2 saturated heterocycles. The van der Waals surface area contributed by atoms with Crippen molar-refractivity contribution in [1.82, 2.24) is 39.0 Å². The van der Waals surface area contributed by atoms with Gasteiger partial charge in [0.2, 0.25) is 5.95 Å². The van der Waals surface area contributed by atoms with E-state index in [2.05, 4.69) is 29.9 Å². The highest BCUT2D eigenvalue weighted by molar-refractivity contribution is 7.47. The van der Waals surface area contributed by atoms with Gasteiger partial charge in [0.15, 0.2) is 41.2 Å². The van der Waals surface area contributed by atoms with Crippen LogP contribution in [0.25, 0.3) is 22.3 Å². The molecule has 0 aromatic carbocycles. The van der Waals surface area contributed by atoms with E-state index in [1.165, 1.54) is 10.9 Å². The number of ether oxygens (including phenoxy) is 2. The molecule has 2 aliphatic rings. The van der Waals surface area contributed by atoms with Crippen molar-refractivity contribution in [3.05, 3.63) is 29.3 Å². The van der Waals surface area contributed by atoms with Gasteiger partial charge in [0.05, 0.1) is 32.2 Å². The number of H-pyrrole nitrogens is 1. The molecule has 4 aromatic rings. The Morgan fingerprint density at radius 1 is 1.00 bits per heavy atom. The number of nitrogens with one attached hydrogen (secondary N) is 1. The highest BCUT2D eigenvalue weighted by Gasteiger charge is 2.53. The monoisotopic (exact) mass is 675 g/mol. The van der Waals surface area contributed by atoms with Gasteiger partial charge in [-0.1, -0.05) is 0 Å². The van der Waals surface area contributed by atoms with E-state index in [0.717, 1.165) is 17.2 Å². The van der Waals surface area contributed by atoms with Gasteiger partial charge in [-0.3, -0.25) is 23.0 Å². The summed E-state index contributed by atoms with van der Waals surface area (Å²) < 4.78 is 53.7. The molecule has 2 unspecified atom stereocenters. The molecule has 2 fully saturated rings. The van der Waals surface area contributed by atoms with Gasteiger partial charge in [-0.15, -0.1) is 9.42 Å². The van der Waals surface area contributed by atoms with Crippen LogP contribution in [0.5, 0.6) is 0 Å². The molecule has 0 saturated carbocycles. The summed E-state index contributed by atoms with van der Waals surface area (Å²) in [4.78, 5) is 54.3. The largest absolute Gasteiger partial charge is 0.695 e. The van der Waals surface area contributed by atoms with Crippen LogP contribution in [0.2, 0.25) is 0 Å². The van der Waals surface area contributed by atoms with Crippen LogP contribution in [0.4, 0.5) is 11.8 Å². The second-order valence-electron chi connectivity index (χ2n) is 9.78. The van der Waals surface area contributed by atoms with Gasteiger partial charge in [-0.25, -0.2) is 19.5 Å². The van der Waals surface area contributed by atoms with Crippen molar-refractivity contribution in [1.29, 1.82) is 0 Å². The molecule has 0 radical (unpaired) electrons. The Kier molecular flexibility index (Phi) is 8.36. The average Bonchev–Trinajstić information content (AvgIpc) is 3.73. The standard InChI is InChI=1S/C20H24N10O13P2/c21-14-8-16(28-20(22)27-14)30(4-25-8)18-11(33)12(42-44(35)36)7(41-18)2-39-45(37,38)43-13-10(32)6(1-31)40-19(13)29-5-26-9-15(29)23-3-24-17(9)34/h3-7,10-13,18-19,31-33H,1-2H2,(H6-,21,22,23,24,27,28,34,35,36,37,38)/p+1/t6-,7-,10-,11-,12-,13-,18-,19-/m1/s1. The summed E-state index contributed by atoms with van der Waals surface area (Å²) in [6, 6.07) is 0. The van der Waals surface area contributed by atoms with E-state index in [1.807, 2.05) is 0 Å². The lowest BCUT2D eigenvalue weighted by molar-refractivity contribution is -0.0609. The van der Waals surface area contributed by atoms with E-state index >= 15 is 0 Å². The number of hydrogen-bond donors (Lipinski definition) is 8. The van der Waals surface area contributed by atoms with E-state index < -0.39 is 83.9 Å². The second-order valence-corrected chi connectivity index (χ2v) is 11.9. The summed E-state index contributed by atoms with van der Waals surface area (Å²) in [5, 5.41) is 31.4. The third-order valence-electron chi connectivity index (χ3n) is 7.05. The number of aliphatic hydroxyl groups is 3. The molecule has 45 heavy (non-hydrogen) atoms. The fraction of sp³-hybridized carbons (Fsp3) is 0.500. The number of nitrogens with zero attached hydrogens (tertiary/aromatic N) is 7. The Hall–Kier alpha value is -3.57. The lowest BCUT2D eigenvalue weighted by Gasteiger charge is -2.24. The van der Waals surface area contributed by atoms with Crippen LogP contribution in [0, 0.1) is 0 Å². The Balaban J connectivity index is 1.22. The van der Waals surface area contributed by atoms with Crippen LogP contribution < -0.4 is 17.0 Å². The molecule has 0 amide bonds. The van der Waals surface area contributed by atoms with Crippen molar-refractivity contribution in [2.24, 2.45) is 0 Å². The third kappa shape index (κ3) is 5.80. The lowest BCUT2D eigenvalue weighted by Crippen LogP contribution is -2.36. The molecule has 25 heteroatoms. The summed E-state index contributed by atoms with van der Waals surface area (Å²) in [7, 11) is -8.46. The molecule has 10 N–H and O–H groups in total. The lowest BCUT2D eigenvalue weighted by atomic mass is 10.1.